The van der Waals surface area contributed by atoms with E-state index in [1.165, 1.54) is 0 Å². The summed E-state index contributed by atoms with van der Waals surface area (Å²) < 4.78 is 5.31. The van der Waals surface area contributed by atoms with E-state index in [9.17, 15) is 4.79 Å². The minimum Gasteiger partial charge on any atom is -0.496 e. The fourth-order valence-corrected chi connectivity index (χ4v) is 2.83. The van der Waals surface area contributed by atoms with E-state index < -0.39 is 0 Å². The normalized spacial score (nSPS) is 13.1. The van der Waals surface area contributed by atoms with Crippen molar-refractivity contribution in [3.63, 3.8) is 0 Å². The van der Waals surface area contributed by atoms with Crippen molar-refractivity contribution < 1.29 is 9.53 Å². The van der Waals surface area contributed by atoms with E-state index in [4.69, 9.17) is 10.5 Å². The van der Waals surface area contributed by atoms with Crippen LogP contribution < -0.4 is 15.4 Å². The molecule has 108 valence electrons. The molecule has 0 spiro atoms. The Morgan fingerprint density at radius 3 is 2.86 bits per heavy atom. The third kappa shape index (κ3) is 2.44. The second-order valence-corrected chi connectivity index (χ2v) is 5.13. The summed E-state index contributed by atoms with van der Waals surface area (Å²) in [4.78, 5) is 14.4. The molecule has 2 aromatic carbocycles. The first kappa shape index (κ1) is 13.5. The van der Waals surface area contributed by atoms with Crippen LogP contribution in [0.5, 0.6) is 5.75 Å². The van der Waals surface area contributed by atoms with E-state index >= 15 is 0 Å². The fourth-order valence-electron chi connectivity index (χ4n) is 2.83. The van der Waals surface area contributed by atoms with Gasteiger partial charge in [-0.3, -0.25) is 4.79 Å². The molecule has 0 unspecified atom stereocenters. The second kappa shape index (κ2) is 5.48. The van der Waals surface area contributed by atoms with E-state index in [-0.39, 0.29) is 5.91 Å². The van der Waals surface area contributed by atoms with Gasteiger partial charge in [-0.1, -0.05) is 24.3 Å². The number of para-hydroxylation sites is 1. The highest BCUT2D eigenvalue weighted by molar-refractivity contribution is 5.97. The fraction of sp³-hybridized carbons (Fsp3) is 0.235. The van der Waals surface area contributed by atoms with Crippen LogP contribution in [0.3, 0.4) is 0 Å². The minimum absolute atomic E-state index is 0.0730. The molecular weight excluding hydrogens is 264 g/mol. The molecule has 0 fully saturated rings. The number of carbonyl (C=O) groups excluding carboxylic acids is 1. The maximum absolute atomic E-state index is 12.6. The Balaban J connectivity index is 1.84. The third-order valence-electron chi connectivity index (χ3n) is 3.90. The van der Waals surface area contributed by atoms with Crippen molar-refractivity contribution in [1.29, 1.82) is 0 Å². The van der Waals surface area contributed by atoms with E-state index in [1.54, 1.807) is 7.11 Å². The van der Waals surface area contributed by atoms with Crippen LogP contribution in [0.1, 0.15) is 11.1 Å². The number of ether oxygens (including phenoxy) is 1. The number of hydrogen-bond acceptors (Lipinski definition) is 3. The number of nitrogens with two attached hydrogens (primary N) is 1. The molecule has 0 saturated heterocycles. The summed E-state index contributed by atoms with van der Waals surface area (Å²) in [5, 5.41) is 0. The Hall–Kier alpha value is -2.49. The number of rotatable bonds is 3. The Kier molecular flexibility index (Phi) is 3.52. The number of anilines is 2. The zero-order valence-corrected chi connectivity index (χ0v) is 12.0. The van der Waals surface area contributed by atoms with Crippen molar-refractivity contribution in [2.45, 2.75) is 12.8 Å². The van der Waals surface area contributed by atoms with Crippen LogP contribution >= 0.6 is 0 Å². The van der Waals surface area contributed by atoms with E-state index in [0.717, 1.165) is 34.7 Å². The van der Waals surface area contributed by atoms with Gasteiger partial charge in [-0.2, -0.15) is 0 Å². The Bertz CT molecular complexity index is 682. The van der Waals surface area contributed by atoms with Crippen molar-refractivity contribution in [3.8, 4) is 5.75 Å². The molecule has 2 aromatic rings. The zero-order valence-electron chi connectivity index (χ0n) is 12.0. The number of methoxy groups -OCH3 is 1. The van der Waals surface area contributed by atoms with Gasteiger partial charge in [0.2, 0.25) is 5.91 Å². The number of fused-ring (bicyclic) bond motifs is 1. The van der Waals surface area contributed by atoms with Crippen LogP contribution in [0.15, 0.2) is 42.5 Å². The molecule has 4 heteroatoms. The first-order chi connectivity index (χ1) is 10.2. The van der Waals surface area contributed by atoms with Crippen LogP contribution in [0.2, 0.25) is 0 Å². The minimum atomic E-state index is 0.0730. The Labute approximate surface area is 124 Å². The molecule has 1 aliphatic rings. The third-order valence-corrected chi connectivity index (χ3v) is 3.90. The van der Waals surface area contributed by atoms with Crippen molar-refractivity contribution in [2.75, 3.05) is 24.3 Å². The number of benzene rings is 2. The Morgan fingerprint density at radius 2 is 2.05 bits per heavy atom. The van der Waals surface area contributed by atoms with Crippen LogP contribution in [0.25, 0.3) is 0 Å². The average molecular weight is 282 g/mol. The Morgan fingerprint density at radius 1 is 1.24 bits per heavy atom. The standard InChI is InChI=1S/C17H18N2O2/c1-21-16-8-3-2-5-12(16)11-17(20)19-10-9-13-14(18)6-4-7-15(13)19/h2-8H,9-11,18H2,1H3. The number of nitrogens with zero attached hydrogens (tertiary/aromatic N) is 1. The number of nitrogen functional groups attached to an aromatic ring is 1. The average Bonchev–Trinajstić information content (AvgIpc) is 2.93. The van der Waals surface area contributed by atoms with Crippen LogP contribution in [-0.4, -0.2) is 19.6 Å². The van der Waals surface area contributed by atoms with Gasteiger partial charge in [-0.15, -0.1) is 0 Å². The molecule has 0 saturated carbocycles. The quantitative estimate of drug-likeness (QED) is 0.880. The SMILES string of the molecule is COc1ccccc1CC(=O)N1CCc2c(N)cccc21. The van der Waals surface area contributed by atoms with Gasteiger partial charge in [0.15, 0.2) is 0 Å². The van der Waals surface area contributed by atoms with Gasteiger partial charge in [-0.25, -0.2) is 0 Å². The van der Waals surface area contributed by atoms with Crippen molar-refractivity contribution in [1.82, 2.24) is 0 Å². The highest BCUT2D eigenvalue weighted by atomic mass is 16.5. The number of hydrogen-bond donors (Lipinski definition) is 1. The highest BCUT2D eigenvalue weighted by Crippen LogP contribution is 2.32. The molecule has 0 aliphatic carbocycles. The molecular formula is C17H18N2O2. The lowest BCUT2D eigenvalue weighted by molar-refractivity contribution is -0.117. The van der Waals surface area contributed by atoms with E-state index in [2.05, 4.69) is 0 Å². The van der Waals surface area contributed by atoms with Crippen molar-refractivity contribution >= 4 is 17.3 Å². The number of carbonyl (C=O) groups is 1. The molecule has 0 atom stereocenters. The molecule has 3 rings (SSSR count). The van der Waals surface area contributed by atoms with Gasteiger partial charge in [0.25, 0.3) is 0 Å². The predicted molar refractivity (Wildman–Crippen MR) is 83.6 cm³/mol. The highest BCUT2D eigenvalue weighted by Gasteiger charge is 2.26. The lowest BCUT2D eigenvalue weighted by Crippen LogP contribution is -2.30. The molecule has 0 bridgehead atoms. The van der Waals surface area contributed by atoms with Crippen molar-refractivity contribution in [3.05, 3.63) is 53.6 Å². The lowest BCUT2D eigenvalue weighted by atomic mass is 10.1. The monoisotopic (exact) mass is 282 g/mol. The van der Waals surface area contributed by atoms with Crippen molar-refractivity contribution in [2.24, 2.45) is 0 Å². The van der Waals surface area contributed by atoms with E-state index in [1.807, 2.05) is 47.4 Å². The lowest BCUT2D eigenvalue weighted by Gasteiger charge is -2.18. The number of amides is 1. The van der Waals surface area contributed by atoms with E-state index in [0.29, 0.717) is 13.0 Å². The van der Waals surface area contributed by atoms with Gasteiger partial charge in [0.05, 0.1) is 13.5 Å². The second-order valence-electron chi connectivity index (χ2n) is 5.13. The summed E-state index contributed by atoms with van der Waals surface area (Å²) >= 11 is 0. The maximum atomic E-state index is 12.6. The van der Waals surface area contributed by atoms with Gasteiger partial charge in [-0.05, 0) is 24.6 Å². The maximum Gasteiger partial charge on any atom is 0.231 e. The molecule has 2 N–H and O–H groups in total. The smallest absolute Gasteiger partial charge is 0.231 e. The molecule has 0 aromatic heterocycles. The molecule has 21 heavy (non-hydrogen) atoms. The summed E-state index contributed by atoms with van der Waals surface area (Å²) in [7, 11) is 1.62. The predicted octanol–water partition coefficient (Wildman–Crippen LogP) is 2.41. The van der Waals surface area contributed by atoms with Crippen LogP contribution in [-0.2, 0) is 17.6 Å². The molecule has 1 amide bonds. The van der Waals surface area contributed by atoms with Gasteiger partial charge < -0.3 is 15.4 Å². The summed E-state index contributed by atoms with van der Waals surface area (Å²) in [6.07, 6.45) is 1.15. The summed E-state index contributed by atoms with van der Waals surface area (Å²) in [5.41, 5.74) is 9.66. The summed E-state index contributed by atoms with van der Waals surface area (Å²) in [6, 6.07) is 13.3. The first-order valence-corrected chi connectivity index (χ1v) is 7.00. The summed E-state index contributed by atoms with van der Waals surface area (Å²) in [6.45, 7) is 0.692. The van der Waals surface area contributed by atoms with Gasteiger partial charge >= 0.3 is 0 Å². The van der Waals surface area contributed by atoms with Gasteiger partial charge in [0.1, 0.15) is 5.75 Å². The molecule has 4 nitrogen and oxygen atoms in total. The molecule has 0 radical (unpaired) electrons. The largest absolute Gasteiger partial charge is 0.496 e. The van der Waals surface area contributed by atoms with Crippen LogP contribution in [0.4, 0.5) is 11.4 Å². The topological polar surface area (TPSA) is 55.6 Å². The summed E-state index contributed by atoms with van der Waals surface area (Å²) in [5.74, 6) is 0.821. The molecule has 1 aliphatic heterocycles. The van der Waals surface area contributed by atoms with Gasteiger partial charge in [0, 0.05) is 29.0 Å². The first-order valence-electron chi connectivity index (χ1n) is 7.00. The molecule has 1 heterocycles. The van der Waals surface area contributed by atoms with Crippen LogP contribution in [0, 0.1) is 0 Å². The zero-order chi connectivity index (χ0) is 14.8.